The number of hydrogen-bond donors (Lipinski definition) is 1. The van der Waals surface area contributed by atoms with E-state index in [1.807, 2.05) is 38.1 Å². The molecule has 0 atom stereocenters. The Balaban J connectivity index is 2.29. The smallest absolute Gasteiger partial charge is 0.251 e. The first kappa shape index (κ1) is 24.2. The van der Waals surface area contributed by atoms with Crippen molar-refractivity contribution in [3.05, 3.63) is 58.6 Å². The van der Waals surface area contributed by atoms with Crippen molar-refractivity contribution in [1.82, 2.24) is 9.62 Å². The van der Waals surface area contributed by atoms with Crippen molar-refractivity contribution in [3.8, 4) is 5.75 Å². The lowest BCUT2D eigenvalue weighted by Gasteiger charge is -2.27. The highest BCUT2D eigenvalue weighted by Crippen LogP contribution is 2.27. The molecule has 0 aliphatic rings. The Hall–Kier alpha value is -2.09. The van der Waals surface area contributed by atoms with Crippen LogP contribution in [0.4, 0.5) is 0 Å². The minimum absolute atomic E-state index is 0.0666. The molecule has 30 heavy (non-hydrogen) atoms. The van der Waals surface area contributed by atoms with E-state index in [0.717, 1.165) is 11.3 Å². The van der Waals surface area contributed by atoms with Gasteiger partial charge in [-0.05, 0) is 50.1 Å². The first-order chi connectivity index (χ1) is 14.1. The van der Waals surface area contributed by atoms with Crippen LogP contribution < -0.4 is 10.1 Å². The second kappa shape index (κ2) is 9.81. The molecule has 2 aromatic carbocycles. The number of hydrogen-bond acceptors (Lipinski definition) is 4. The van der Waals surface area contributed by atoms with Crippen molar-refractivity contribution in [2.45, 2.75) is 44.6 Å². The molecule has 1 amide bonds. The van der Waals surface area contributed by atoms with E-state index in [9.17, 15) is 13.2 Å². The first-order valence-corrected chi connectivity index (χ1v) is 11.6. The molecule has 0 spiro atoms. The minimum Gasteiger partial charge on any atom is -0.496 e. The third-order valence-corrected chi connectivity index (χ3v) is 7.32. The van der Waals surface area contributed by atoms with Gasteiger partial charge in [0.05, 0.1) is 12.1 Å². The molecular weight excluding hydrogens is 424 g/mol. The molecule has 2 aromatic rings. The molecule has 0 radical (unpaired) electrons. The normalized spacial score (nSPS) is 12.1. The Morgan fingerprint density at radius 2 is 1.77 bits per heavy atom. The van der Waals surface area contributed by atoms with Crippen molar-refractivity contribution in [2.24, 2.45) is 0 Å². The summed E-state index contributed by atoms with van der Waals surface area (Å²) < 4.78 is 32.5. The zero-order valence-electron chi connectivity index (χ0n) is 18.0. The average Bonchev–Trinajstić information content (AvgIpc) is 2.68. The molecule has 0 unspecified atom stereocenters. The second-order valence-electron chi connectivity index (χ2n) is 7.56. The predicted molar refractivity (Wildman–Crippen MR) is 120 cm³/mol. The average molecular weight is 453 g/mol. The van der Waals surface area contributed by atoms with E-state index in [-0.39, 0.29) is 21.4 Å². The van der Waals surface area contributed by atoms with Crippen LogP contribution in [0.25, 0.3) is 0 Å². The highest BCUT2D eigenvalue weighted by Gasteiger charge is 2.27. The Labute approximate surface area is 184 Å². The van der Waals surface area contributed by atoms with Gasteiger partial charge in [-0.3, -0.25) is 4.79 Å². The van der Waals surface area contributed by atoms with Gasteiger partial charge in [0, 0.05) is 24.2 Å². The van der Waals surface area contributed by atoms with Gasteiger partial charge in [0.25, 0.3) is 5.91 Å². The number of ether oxygens (including phenoxy) is 1. The van der Waals surface area contributed by atoms with Crippen LogP contribution >= 0.6 is 11.6 Å². The molecule has 8 heteroatoms. The van der Waals surface area contributed by atoms with Crippen molar-refractivity contribution in [2.75, 3.05) is 20.2 Å². The molecule has 0 bridgehead atoms. The summed E-state index contributed by atoms with van der Waals surface area (Å²) in [4.78, 5) is 12.8. The molecular formula is C22H29ClN2O4S. The zero-order valence-corrected chi connectivity index (χ0v) is 19.6. The van der Waals surface area contributed by atoms with Gasteiger partial charge in [-0.2, -0.15) is 4.31 Å². The number of methoxy groups -OCH3 is 1. The monoisotopic (exact) mass is 452 g/mol. The number of halogens is 1. The maximum atomic E-state index is 12.9. The van der Waals surface area contributed by atoms with E-state index >= 15 is 0 Å². The third-order valence-electron chi connectivity index (χ3n) is 4.79. The molecule has 1 N–H and O–H groups in total. The summed E-state index contributed by atoms with van der Waals surface area (Å²) >= 11 is 6.17. The molecule has 6 nitrogen and oxygen atoms in total. The largest absolute Gasteiger partial charge is 0.496 e. The Kier molecular flexibility index (Phi) is 7.91. The van der Waals surface area contributed by atoms with E-state index in [1.165, 1.54) is 22.5 Å². The van der Waals surface area contributed by atoms with Crippen LogP contribution in [0.1, 0.15) is 43.6 Å². The van der Waals surface area contributed by atoms with Crippen LogP contribution in [0.2, 0.25) is 5.02 Å². The number of sulfonamides is 1. The molecule has 0 aliphatic carbocycles. The van der Waals surface area contributed by atoms with E-state index in [2.05, 4.69) is 5.32 Å². The number of amides is 1. The second-order valence-corrected chi connectivity index (χ2v) is 9.87. The molecule has 0 heterocycles. The zero-order chi connectivity index (χ0) is 22.5. The Morgan fingerprint density at radius 3 is 2.37 bits per heavy atom. The molecule has 164 valence electrons. The van der Waals surface area contributed by atoms with Gasteiger partial charge in [-0.25, -0.2) is 8.42 Å². The van der Waals surface area contributed by atoms with E-state index in [0.29, 0.717) is 19.5 Å². The summed E-state index contributed by atoms with van der Waals surface area (Å²) in [6.45, 7) is 7.95. The first-order valence-electron chi connectivity index (χ1n) is 9.79. The lowest BCUT2D eigenvalue weighted by molar-refractivity contribution is 0.0912. The maximum Gasteiger partial charge on any atom is 0.251 e. The number of nitrogens with one attached hydrogen (secondary N) is 1. The van der Waals surface area contributed by atoms with E-state index in [4.69, 9.17) is 16.3 Å². The van der Waals surface area contributed by atoms with Gasteiger partial charge < -0.3 is 10.1 Å². The van der Waals surface area contributed by atoms with Gasteiger partial charge in [-0.15, -0.1) is 0 Å². The van der Waals surface area contributed by atoms with Gasteiger partial charge >= 0.3 is 0 Å². The summed E-state index contributed by atoms with van der Waals surface area (Å²) in [6.07, 6.45) is 0.543. The summed E-state index contributed by atoms with van der Waals surface area (Å²) in [5.74, 6) is 0.376. The van der Waals surface area contributed by atoms with Gasteiger partial charge in [0.2, 0.25) is 10.0 Å². The minimum atomic E-state index is -3.78. The Morgan fingerprint density at radius 1 is 1.13 bits per heavy atom. The van der Waals surface area contributed by atoms with E-state index in [1.54, 1.807) is 21.0 Å². The predicted octanol–water partition coefficient (Wildman–Crippen LogP) is 4.13. The summed E-state index contributed by atoms with van der Waals surface area (Å²) in [7, 11) is -2.18. The molecule has 0 fully saturated rings. The molecule has 0 saturated carbocycles. The van der Waals surface area contributed by atoms with Crippen LogP contribution in [0.15, 0.2) is 47.4 Å². The fourth-order valence-electron chi connectivity index (χ4n) is 3.29. The number of carbonyl (C=O) groups excluding carboxylic acids is 1. The number of carbonyl (C=O) groups is 1. The fraction of sp³-hybridized carbons (Fsp3) is 0.409. The number of rotatable bonds is 9. The molecule has 0 saturated heterocycles. The quantitative estimate of drug-likeness (QED) is 0.620. The highest BCUT2D eigenvalue weighted by molar-refractivity contribution is 7.89. The molecule has 0 aliphatic heterocycles. The fourth-order valence-corrected chi connectivity index (χ4v) is 5.25. The van der Waals surface area contributed by atoms with Crippen molar-refractivity contribution in [3.63, 3.8) is 0 Å². The van der Waals surface area contributed by atoms with Crippen LogP contribution in [0.5, 0.6) is 5.75 Å². The lowest BCUT2D eigenvalue weighted by Crippen LogP contribution is -2.45. The number of benzene rings is 2. The maximum absolute atomic E-state index is 12.9. The van der Waals surface area contributed by atoms with Gasteiger partial charge in [-0.1, -0.05) is 43.6 Å². The molecule has 2 rings (SSSR count). The van der Waals surface area contributed by atoms with Crippen LogP contribution in [0, 0.1) is 0 Å². The van der Waals surface area contributed by atoms with Crippen molar-refractivity contribution in [1.29, 1.82) is 0 Å². The summed E-state index contributed by atoms with van der Waals surface area (Å²) in [6, 6.07) is 11.9. The van der Waals surface area contributed by atoms with Gasteiger partial charge in [0.1, 0.15) is 10.6 Å². The number of nitrogens with zero attached hydrogens (tertiary/aromatic N) is 1. The van der Waals surface area contributed by atoms with E-state index < -0.39 is 15.6 Å². The van der Waals surface area contributed by atoms with Crippen molar-refractivity contribution < 1.29 is 17.9 Å². The van der Waals surface area contributed by atoms with Crippen LogP contribution in [-0.4, -0.2) is 44.4 Å². The Bertz CT molecular complexity index is 1000. The van der Waals surface area contributed by atoms with Crippen LogP contribution in [0.3, 0.4) is 0 Å². The third kappa shape index (κ3) is 5.53. The summed E-state index contributed by atoms with van der Waals surface area (Å²) in [5, 5.41) is 3.07. The van der Waals surface area contributed by atoms with Crippen LogP contribution in [-0.2, 0) is 16.4 Å². The highest BCUT2D eigenvalue weighted by atomic mass is 35.5. The van der Waals surface area contributed by atoms with Gasteiger partial charge in [0.15, 0.2) is 0 Å². The lowest BCUT2D eigenvalue weighted by atomic mass is 9.94. The molecule has 0 aromatic heterocycles. The van der Waals surface area contributed by atoms with Crippen molar-refractivity contribution >= 4 is 27.5 Å². The summed E-state index contributed by atoms with van der Waals surface area (Å²) in [5.41, 5.74) is 0.605. The topological polar surface area (TPSA) is 75.7 Å². The SMILES string of the molecule is CCN(CC)S(=O)(=O)c1cc(C(=O)NC(C)(C)Cc2ccccc2OC)ccc1Cl. The number of para-hydroxylation sites is 1. The standard InChI is InChI=1S/C22H29ClN2O4S/c1-6-25(7-2)30(27,28)20-14-16(12-13-18(20)23)21(26)24-22(3,4)15-17-10-8-9-11-19(17)29-5/h8-14H,6-7,15H2,1-5H3,(H,24,26).